The Morgan fingerprint density at radius 3 is 2.56 bits per heavy atom. The molecule has 1 aromatic rings. The molecule has 0 bridgehead atoms. The van der Waals surface area contributed by atoms with Crippen LogP contribution < -0.4 is 10.1 Å². The zero-order valence-corrected chi connectivity index (χ0v) is 10.7. The van der Waals surface area contributed by atoms with Gasteiger partial charge in [0.05, 0.1) is 13.2 Å². The average molecular weight is 251 g/mol. The van der Waals surface area contributed by atoms with Crippen LogP contribution in [0.5, 0.6) is 11.5 Å². The van der Waals surface area contributed by atoms with Crippen LogP contribution in [0.4, 0.5) is 0 Å². The van der Waals surface area contributed by atoms with Gasteiger partial charge >= 0.3 is 0 Å². The molecule has 1 aromatic carbocycles. The SMILES string of the molecule is COc1cc(CC(NC(C)=O)C(C)=O)ccc1O. The van der Waals surface area contributed by atoms with Crippen LogP contribution in [0, 0.1) is 0 Å². The highest BCUT2D eigenvalue weighted by Crippen LogP contribution is 2.26. The number of rotatable bonds is 5. The summed E-state index contributed by atoms with van der Waals surface area (Å²) < 4.78 is 4.99. The van der Waals surface area contributed by atoms with Crippen LogP contribution in [0.25, 0.3) is 0 Å². The molecule has 1 amide bonds. The standard InChI is InChI=1S/C13H17NO4/c1-8(15)11(14-9(2)16)6-10-4-5-12(17)13(7-10)18-3/h4-5,7,11,17H,6H2,1-3H3,(H,14,16). The summed E-state index contributed by atoms with van der Waals surface area (Å²) >= 11 is 0. The largest absolute Gasteiger partial charge is 0.504 e. The molecular formula is C13H17NO4. The van der Waals surface area contributed by atoms with Crippen molar-refractivity contribution in [2.24, 2.45) is 0 Å². The Bertz CT molecular complexity index is 456. The number of benzene rings is 1. The van der Waals surface area contributed by atoms with Gasteiger partial charge < -0.3 is 15.2 Å². The number of hydrogen-bond donors (Lipinski definition) is 2. The fourth-order valence-corrected chi connectivity index (χ4v) is 1.63. The topological polar surface area (TPSA) is 75.6 Å². The molecule has 0 aliphatic carbocycles. The van der Waals surface area contributed by atoms with Crippen LogP contribution >= 0.6 is 0 Å². The van der Waals surface area contributed by atoms with E-state index in [1.165, 1.54) is 27.0 Å². The second-order valence-electron chi connectivity index (χ2n) is 4.07. The van der Waals surface area contributed by atoms with Crippen molar-refractivity contribution in [3.8, 4) is 11.5 Å². The third kappa shape index (κ3) is 3.76. The second kappa shape index (κ2) is 6.05. The highest BCUT2D eigenvalue weighted by atomic mass is 16.5. The van der Waals surface area contributed by atoms with Gasteiger partial charge in [0.25, 0.3) is 0 Å². The molecule has 0 fully saturated rings. The number of phenols is 1. The van der Waals surface area contributed by atoms with E-state index in [2.05, 4.69) is 5.32 Å². The van der Waals surface area contributed by atoms with Gasteiger partial charge in [-0.1, -0.05) is 6.07 Å². The molecule has 0 saturated heterocycles. The lowest BCUT2D eigenvalue weighted by Crippen LogP contribution is -2.40. The van der Waals surface area contributed by atoms with Crippen molar-refractivity contribution in [2.45, 2.75) is 26.3 Å². The lowest BCUT2D eigenvalue weighted by molar-refractivity contribution is -0.125. The molecule has 0 spiro atoms. The second-order valence-corrected chi connectivity index (χ2v) is 4.07. The molecular weight excluding hydrogens is 234 g/mol. The van der Waals surface area contributed by atoms with Crippen molar-refractivity contribution < 1.29 is 19.4 Å². The van der Waals surface area contributed by atoms with E-state index in [-0.39, 0.29) is 17.4 Å². The summed E-state index contributed by atoms with van der Waals surface area (Å²) in [5.41, 5.74) is 0.804. The molecule has 0 saturated carbocycles. The molecule has 0 aliphatic heterocycles. The van der Waals surface area contributed by atoms with Gasteiger partial charge in [0, 0.05) is 6.92 Å². The van der Waals surface area contributed by atoms with Crippen molar-refractivity contribution in [3.63, 3.8) is 0 Å². The maximum atomic E-state index is 11.4. The summed E-state index contributed by atoms with van der Waals surface area (Å²) in [4.78, 5) is 22.4. The van der Waals surface area contributed by atoms with Crippen LogP contribution in [0.1, 0.15) is 19.4 Å². The molecule has 1 unspecified atom stereocenters. The van der Waals surface area contributed by atoms with E-state index in [4.69, 9.17) is 4.74 Å². The smallest absolute Gasteiger partial charge is 0.217 e. The van der Waals surface area contributed by atoms with Crippen molar-refractivity contribution in [1.29, 1.82) is 0 Å². The Labute approximate surface area is 106 Å². The zero-order chi connectivity index (χ0) is 13.7. The van der Waals surface area contributed by atoms with Gasteiger partial charge in [-0.15, -0.1) is 0 Å². The number of hydrogen-bond acceptors (Lipinski definition) is 4. The van der Waals surface area contributed by atoms with E-state index in [1.54, 1.807) is 12.1 Å². The Morgan fingerprint density at radius 1 is 1.39 bits per heavy atom. The van der Waals surface area contributed by atoms with Gasteiger partial charge in [-0.05, 0) is 31.0 Å². The van der Waals surface area contributed by atoms with Crippen LogP contribution in [0.3, 0.4) is 0 Å². The summed E-state index contributed by atoms with van der Waals surface area (Å²) in [5.74, 6) is 0.0240. The maximum Gasteiger partial charge on any atom is 0.217 e. The third-order valence-corrected chi connectivity index (χ3v) is 2.55. The van der Waals surface area contributed by atoms with E-state index in [0.29, 0.717) is 12.2 Å². The molecule has 5 heteroatoms. The van der Waals surface area contributed by atoms with Gasteiger partial charge in [0.2, 0.25) is 5.91 Å². The molecule has 0 radical (unpaired) electrons. The zero-order valence-electron chi connectivity index (χ0n) is 10.7. The molecule has 1 rings (SSSR count). The Hall–Kier alpha value is -2.04. The van der Waals surface area contributed by atoms with E-state index in [0.717, 1.165) is 5.56 Å². The predicted octanol–water partition coefficient (Wildman–Crippen LogP) is 1.04. The van der Waals surface area contributed by atoms with Crippen LogP contribution in [-0.4, -0.2) is 29.9 Å². The van der Waals surface area contributed by atoms with Crippen molar-refractivity contribution in [3.05, 3.63) is 23.8 Å². The number of ether oxygens (including phenoxy) is 1. The van der Waals surface area contributed by atoms with Crippen molar-refractivity contribution >= 4 is 11.7 Å². The van der Waals surface area contributed by atoms with Gasteiger partial charge in [0.1, 0.15) is 0 Å². The van der Waals surface area contributed by atoms with Crippen LogP contribution in [0.2, 0.25) is 0 Å². The highest BCUT2D eigenvalue weighted by Gasteiger charge is 2.16. The minimum absolute atomic E-state index is 0.0418. The van der Waals surface area contributed by atoms with Crippen LogP contribution in [-0.2, 0) is 16.0 Å². The molecule has 0 aliphatic rings. The number of methoxy groups -OCH3 is 1. The summed E-state index contributed by atoms with van der Waals surface area (Å²) in [6.07, 6.45) is 0.367. The van der Waals surface area contributed by atoms with E-state index in [1.807, 2.05) is 0 Å². The Kier molecular flexibility index (Phi) is 4.71. The molecule has 2 N–H and O–H groups in total. The first-order valence-corrected chi connectivity index (χ1v) is 5.57. The minimum atomic E-state index is -0.559. The monoisotopic (exact) mass is 251 g/mol. The fourth-order valence-electron chi connectivity index (χ4n) is 1.63. The molecule has 0 heterocycles. The normalized spacial score (nSPS) is 11.7. The maximum absolute atomic E-state index is 11.4. The predicted molar refractivity (Wildman–Crippen MR) is 66.6 cm³/mol. The first-order valence-electron chi connectivity index (χ1n) is 5.57. The minimum Gasteiger partial charge on any atom is -0.504 e. The summed E-state index contributed by atoms with van der Waals surface area (Å²) in [6.45, 7) is 2.80. The summed E-state index contributed by atoms with van der Waals surface area (Å²) in [6, 6.07) is 4.28. The van der Waals surface area contributed by atoms with Gasteiger partial charge in [-0.2, -0.15) is 0 Å². The number of Topliss-reactive ketones (excluding diaryl/α,β-unsaturated/α-hetero) is 1. The molecule has 98 valence electrons. The van der Waals surface area contributed by atoms with Crippen molar-refractivity contribution in [1.82, 2.24) is 5.32 Å². The number of amides is 1. The summed E-state index contributed by atoms with van der Waals surface area (Å²) in [7, 11) is 1.45. The van der Waals surface area contributed by atoms with Gasteiger partial charge in [-0.25, -0.2) is 0 Å². The number of carbonyl (C=O) groups is 2. The van der Waals surface area contributed by atoms with Crippen LogP contribution in [0.15, 0.2) is 18.2 Å². The Balaban J connectivity index is 2.87. The lowest BCUT2D eigenvalue weighted by Gasteiger charge is -2.15. The number of nitrogens with one attached hydrogen (secondary N) is 1. The lowest BCUT2D eigenvalue weighted by atomic mass is 10.0. The van der Waals surface area contributed by atoms with Gasteiger partial charge in [-0.3, -0.25) is 9.59 Å². The number of ketones is 1. The average Bonchev–Trinajstić information content (AvgIpc) is 2.29. The molecule has 0 aromatic heterocycles. The Morgan fingerprint density at radius 2 is 2.06 bits per heavy atom. The highest BCUT2D eigenvalue weighted by molar-refractivity contribution is 5.86. The molecule has 18 heavy (non-hydrogen) atoms. The first-order chi connectivity index (χ1) is 8.43. The third-order valence-electron chi connectivity index (χ3n) is 2.55. The first kappa shape index (κ1) is 14.0. The number of phenolic OH excluding ortho intramolecular Hbond substituents is 1. The van der Waals surface area contributed by atoms with Crippen molar-refractivity contribution in [2.75, 3.05) is 7.11 Å². The molecule has 5 nitrogen and oxygen atoms in total. The van der Waals surface area contributed by atoms with E-state index in [9.17, 15) is 14.7 Å². The van der Waals surface area contributed by atoms with E-state index < -0.39 is 6.04 Å². The quantitative estimate of drug-likeness (QED) is 0.819. The fraction of sp³-hybridized carbons (Fsp3) is 0.385. The van der Waals surface area contributed by atoms with Gasteiger partial charge in [0.15, 0.2) is 17.3 Å². The number of aromatic hydroxyl groups is 1. The molecule has 1 atom stereocenters. The number of carbonyl (C=O) groups excluding carboxylic acids is 2. The summed E-state index contributed by atoms with van der Waals surface area (Å²) in [5, 5.41) is 12.1. The van der Waals surface area contributed by atoms with E-state index >= 15 is 0 Å².